The summed E-state index contributed by atoms with van der Waals surface area (Å²) >= 11 is 0. The Labute approximate surface area is 161 Å². The Balaban J connectivity index is 2.26. The van der Waals surface area contributed by atoms with Gasteiger partial charge in [0.25, 0.3) is 0 Å². The molecule has 0 spiro atoms. The third kappa shape index (κ3) is 4.42. The van der Waals surface area contributed by atoms with Crippen LogP contribution in [0.5, 0.6) is 0 Å². The summed E-state index contributed by atoms with van der Waals surface area (Å²) < 4.78 is 37.2. The van der Waals surface area contributed by atoms with Crippen LogP contribution >= 0.6 is 0 Å². The fourth-order valence-electron chi connectivity index (χ4n) is 2.60. The normalized spacial score (nSPS) is 12.2. The lowest BCUT2D eigenvalue weighted by molar-refractivity contribution is -0.173. The van der Waals surface area contributed by atoms with Gasteiger partial charge in [-0.3, -0.25) is 9.59 Å². The second kappa shape index (κ2) is 8.73. The Bertz CT molecular complexity index is 875. The van der Waals surface area contributed by atoms with Crippen LogP contribution in [-0.4, -0.2) is 31.4 Å². The number of ether oxygens (including phenoxy) is 2. The second-order valence-corrected chi connectivity index (χ2v) is 6.07. The number of hydrogen-bond acceptors (Lipinski definition) is 5. The molecule has 0 amide bonds. The largest absolute Gasteiger partial charge is 0.469 e. The SMILES string of the molecule is CCOC(=O)C(F)(F)c1ccc(C(=O)c2cccc(C(C)C(=O)OC)c2)cc1. The average Bonchev–Trinajstić information content (AvgIpc) is 2.72. The number of ketones is 1. The van der Waals surface area contributed by atoms with E-state index in [0.717, 1.165) is 12.1 Å². The van der Waals surface area contributed by atoms with Crippen molar-refractivity contribution in [3.05, 3.63) is 70.8 Å². The number of methoxy groups -OCH3 is 1. The molecule has 1 atom stereocenters. The van der Waals surface area contributed by atoms with Gasteiger partial charge in [0.2, 0.25) is 0 Å². The summed E-state index contributed by atoms with van der Waals surface area (Å²) in [6, 6.07) is 10.9. The van der Waals surface area contributed by atoms with E-state index in [2.05, 4.69) is 4.74 Å². The van der Waals surface area contributed by atoms with E-state index in [1.165, 1.54) is 26.2 Å². The maximum atomic E-state index is 14.0. The Morgan fingerprint density at radius 1 is 1.04 bits per heavy atom. The Morgan fingerprint density at radius 3 is 2.25 bits per heavy atom. The number of carbonyl (C=O) groups excluding carboxylic acids is 3. The summed E-state index contributed by atoms with van der Waals surface area (Å²) in [6.45, 7) is 2.93. The van der Waals surface area contributed by atoms with Gasteiger partial charge in [-0.2, -0.15) is 8.78 Å². The van der Waals surface area contributed by atoms with Crippen molar-refractivity contribution in [3.63, 3.8) is 0 Å². The summed E-state index contributed by atoms with van der Waals surface area (Å²) in [5.41, 5.74) is 0.517. The highest BCUT2D eigenvalue weighted by atomic mass is 19.3. The molecule has 2 aromatic carbocycles. The average molecular weight is 390 g/mol. The summed E-state index contributed by atoms with van der Waals surface area (Å²) in [5.74, 6) is -6.82. The first-order valence-corrected chi connectivity index (χ1v) is 8.60. The number of rotatable bonds is 7. The van der Waals surface area contributed by atoms with Crippen LogP contribution in [0.1, 0.15) is 46.8 Å². The molecule has 0 heterocycles. The molecule has 0 aromatic heterocycles. The fraction of sp³-hybridized carbons (Fsp3) is 0.286. The molecule has 0 radical (unpaired) electrons. The van der Waals surface area contributed by atoms with Crippen molar-refractivity contribution in [1.82, 2.24) is 0 Å². The Hall–Kier alpha value is -3.09. The zero-order valence-corrected chi connectivity index (χ0v) is 15.7. The number of benzene rings is 2. The van der Waals surface area contributed by atoms with Crippen LogP contribution in [0.25, 0.3) is 0 Å². The van der Waals surface area contributed by atoms with E-state index in [9.17, 15) is 23.2 Å². The van der Waals surface area contributed by atoms with Crippen LogP contribution in [-0.2, 0) is 25.0 Å². The van der Waals surface area contributed by atoms with Crippen LogP contribution in [0.2, 0.25) is 0 Å². The molecular weight excluding hydrogens is 370 g/mol. The van der Waals surface area contributed by atoms with Gasteiger partial charge in [-0.05, 0) is 25.5 Å². The van der Waals surface area contributed by atoms with Crippen molar-refractivity contribution in [2.45, 2.75) is 25.7 Å². The molecule has 148 valence electrons. The lowest BCUT2D eigenvalue weighted by Gasteiger charge is -2.15. The van der Waals surface area contributed by atoms with Crippen LogP contribution in [0.15, 0.2) is 48.5 Å². The quantitative estimate of drug-likeness (QED) is 0.531. The Kier molecular flexibility index (Phi) is 6.62. The maximum absolute atomic E-state index is 14.0. The van der Waals surface area contributed by atoms with E-state index in [4.69, 9.17) is 4.74 Å². The Morgan fingerprint density at radius 2 is 1.68 bits per heavy atom. The van der Waals surface area contributed by atoms with Gasteiger partial charge in [0.15, 0.2) is 5.78 Å². The molecule has 2 rings (SSSR count). The molecule has 5 nitrogen and oxygen atoms in total. The zero-order chi connectivity index (χ0) is 20.9. The fourth-order valence-corrected chi connectivity index (χ4v) is 2.60. The zero-order valence-electron chi connectivity index (χ0n) is 15.7. The van der Waals surface area contributed by atoms with Crippen molar-refractivity contribution in [1.29, 1.82) is 0 Å². The van der Waals surface area contributed by atoms with Gasteiger partial charge in [0, 0.05) is 16.7 Å². The number of hydrogen-bond donors (Lipinski definition) is 0. The second-order valence-electron chi connectivity index (χ2n) is 6.07. The van der Waals surface area contributed by atoms with Crippen molar-refractivity contribution >= 4 is 17.7 Å². The van der Waals surface area contributed by atoms with Gasteiger partial charge in [0.05, 0.1) is 19.6 Å². The molecule has 0 aliphatic carbocycles. The van der Waals surface area contributed by atoms with Crippen LogP contribution in [0.3, 0.4) is 0 Å². The standard InChI is InChI=1S/C21H20F2O5/c1-4-28-20(26)21(22,23)17-10-8-14(9-11-17)18(24)16-7-5-6-15(12-16)13(2)19(25)27-3/h5-13H,4H2,1-3H3. The smallest absolute Gasteiger partial charge is 0.381 e. The van der Waals surface area contributed by atoms with E-state index in [0.29, 0.717) is 11.1 Å². The molecule has 0 saturated carbocycles. The van der Waals surface area contributed by atoms with Crippen LogP contribution in [0.4, 0.5) is 8.78 Å². The van der Waals surface area contributed by atoms with Crippen molar-refractivity contribution in [2.24, 2.45) is 0 Å². The summed E-state index contributed by atoms with van der Waals surface area (Å²) in [5, 5.41) is 0. The van der Waals surface area contributed by atoms with E-state index < -0.39 is 35.1 Å². The highest BCUT2D eigenvalue weighted by Gasteiger charge is 2.42. The number of halogens is 2. The summed E-state index contributed by atoms with van der Waals surface area (Å²) in [6.07, 6.45) is 0. The van der Waals surface area contributed by atoms with Gasteiger partial charge < -0.3 is 9.47 Å². The predicted molar refractivity (Wildman–Crippen MR) is 97.3 cm³/mol. The van der Waals surface area contributed by atoms with Crippen LogP contribution in [0, 0.1) is 0 Å². The van der Waals surface area contributed by atoms with Crippen molar-refractivity contribution in [3.8, 4) is 0 Å². The molecule has 28 heavy (non-hydrogen) atoms. The molecule has 0 aliphatic heterocycles. The summed E-state index contributed by atoms with van der Waals surface area (Å²) in [4.78, 5) is 35.8. The van der Waals surface area contributed by atoms with Crippen LogP contribution < -0.4 is 0 Å². The lowest BCUT2D eigenvalue weighted by atomic mass is 9.95. The first-order chi connectivity index (χ1) is 13.2. The first kappa shape index (κ1) is 21.2. The van der Waals surface area contributed by atoms with Gasteiger partial charge in [0.1, 0.15) is 0 Å². The van der Waals surface area contributed by atoms with Gasteiger partial charge in [-0.15, -0.1) is 0 Å². The van der Waals surface area contributed by atoms with E-state index in [-0.39, 0.29) is 12.2 Å². The van der Waals surface area contributed by atoms with Gasteiger partial charge in [-0.1, -0.05) is 42.5 Å². The van der Waals surface area contributed by atoms with E-state index >= 15 is 0 Å². The molecule has 0 N–H and O–H groups in total. The third-order valence-corrected chi connectivity index (χ3v) is 4.24. The highest BCUT2D eigenvalue weighted by molar-refractivity contribution is 6.09. The third-order valence-electron chi connectivity index (χ3n) is 4.24. The molecule has 0 aliphatic rings. The molecule has 7 heteroatoms. The van der Waals surface area contributed by atoms with Gasteiger partial charge >= 0.3 is 17.9 Å². The monoisotopic (exact) mass is 390 g/mol. The minimum absolute atomic E-state index is 0.161. The molecular formula is C21H20F2O5. The molecule has 1 unspecified atom stereocenters. The number of carbonyl (C=O) groups is 3. The first-order valence-electron chi connectivity index (χ1n) is 8.60. The summed E-state index contributed by atoms with van der Waals surface area (Å²) in [7, 11) is 1.28. The van der Waals surface area contributed by atoms with Crippen molar-refractivity contribution in [2.75, 3.05) is 13.7 Å². The predicted octanol–water partition coefficient (Wildman–Crippen LogP) is 3.85. The van der Waals surface area contributed by atoms with E-state index in [1.807, 2.05) is 0 Å². The maximum Gasteiger partial charge on any atom is 0.381 e. The van der Waals surface area contributed by atoms with E-state index in [1.54, 1.807) is 31.2 Å². The molecule has 0 bridgehead atoms. The minimum atomic E-state index is -3.80. The van der Waals surface area contributed by atoms with Crippen molar-refractivity contribution < 1.29 is 32.6 Å². The highest BCUT2D eigenvalue weighted by Crippen LogP contribution is 2.30. The topological polar surface area (TPSA) is 69.7 Å². The number of alkyl halides is 2. The molecule has 0 fully saturated rings. The molecule has 0 saturated heterocycles. The lowest BCUT2D eigenvalue weighted by Crippen LogP contribution is -2.28. The van der Waals surface area contributed by atoms with Gasteiger partial charge in [-0.25, -0.2) is 4.79 Å². The number of esters is 2. The molecule has 2 aromatic rings. The minimum Gasteiger partial charge on any atom is -0.469 e.